The Labute approximate surface area is 205 Å². The molecule has 0 unspecified atom stereocenters. The number of aromatic nitrogens is 1. The van der Waals surface area contributed by atoms with Crippen LogP contribution in [0, 0.1) is 0 Å². The van der Waals surface area contributed by atoms with Crippen LogP contribution in [0.5, 0.6) is 17.2 Å². The normalized spacial score (nSPS) is 14.3. The molecule has 0 aliphatic rings. The van der Waals surface area contributed by atoms with Crippen molar-refractivity contribution in [3.8, 4) is 17.2 Å². The summed E-state index contributed by atoms with van der Waals surface area (Å²) in [4.78, 5) is 29.2. The number of carbonyl (C=O) groups excluding carboxylic acids is 2. The number of amides is 1. The average molecular weight is 491 g/mol. The Balaban J connectivity index is 2.12. The number of aromatic hydroxyl groups is 1. The Morgan fingerprint density at radius 3 is 2.46 bits per heavy atom. The molecule has 1 amide bonds. The minimum Gasteiger partial charge on any atom is -0.503 e. The number of esters is 1. The molecule has 0 fully saturated rings. The standard InChI is InChI=1S/C25H34N2O8/c1-6-14-33-20(15-31-4)23(35-18-10-8-7-9-11-18)17(3)34-25(30)16(2)27-24(29)21-22(28)19(32-5)12-13-26-21/h7-13,16-17,20,23,28H,6,14-15H2,1-5H3,(H,27,29)/t16-,17-,20-,23-/m0/s1. The van der Waals surface area contributed by atoms with Crippen molar-refractivity contribution in [3.05, 3.63) is 48.3 Å². The molecule has 0 saturated carbocycles. The molecule has 1 heterocycles. The first-order valence-electron chi connectivity index (χ1n) is 11.4. The van der Waals surface area contributed by atoms with E-state index in [4.69, 9.17) is 23.7 Å². The molecule has 35 heavy (non-hydrogen) atoms. The Kier molecular flexibility index (Phi) is 11.2. The van der Waals surface area contributed by atoms with Crippen LogP contribution in [0.1, 0.15) is 37.7 Å². The van der Waals surface area contributed by atoms with Crippen molar-refractivity contribution < 1.29 is 38.4 Å². The second kappa shape index (κ2) is 14.1. The molecular formula is C25H34N2O8. The van der Waals surface area contributed by atoms with Gasteiger partial charge in [0.25, 0.3) is 5.91 Å². The number of pyridine rings is 1. The van der Waals surface area contributed by atoms with Crippen molar-refractivity contribution >= 4 is 11.9 Å². The molecule has 2 rings (SSSR count). The third-order valence-corrected chi connectivity index (χ3v) is 5.04. The number of hydrogen-bond donors (Lipinski definition) is 2. The molecule has 1 aromatic carbocycles. The summed E-state index contributed by atoms with van der Waals surface area (Å²) in [6.07, 6.45) is 0.171. The van der Waals surface area contributed by atoms with E-state index >= 15 is 0 Å². The topological polar surface area (TPSA) is 125 Å². The van der Waals surface area contributed by atoms with Crippen LogP contribution in [0.4, 0.5) is 0 Å². The van der Waals surface area contributed by atoms with Gasteiger partial charge in [-0.25, -0.2) is 9.78 Å². The number of hydrogen-bond acceptors (Lipinski definition) is 9. The summed E-state index contributed by atoms with van der Waals surface area (Å²) in [5.74, 6) is -1.19. The van der Waals surface area contributed by atoms with Gasteiger partial charge in [-0.05, 0) is 32.4 Å². The van der Waals surface area contributed by atoms with Gasteiger partial charge in [0.2, 0.25) is 0 Å². The summed E-state index contributed by atoms with van der Waals surface area (Å²) in [6, 6.07) is 9.50. The summed E-state index contributed by atoms with van der Waals surface area (Å²) in [6.45, 7) is 5.85. The molecule has 0 bridgehead atoms. The second-order valence-electron chi connectivity index (χ2n) is 7.81. The lowest BCUT2D eigenvalue weighted by Crippen LogP contribution is -2.49. The van der Waals surface area contributed by atoms with Crippen LogP contribution in [-0.4, -0.2) is 73.8 Å². The minimum atomic E-state index is -1.04. The molecule has 192 valence electrons. The monoisotopic (exact) mass is 490 g/mol. The highest BCUT2D eigenvalue weighted by molar-refractivity contribution is 5.97. The molecule has 0 spiro atoms. The summed E-state index contributed by atoms with van der Waals surface area (Å²) < 4.78 is 28.0. The lowest BCUT2D eigenvalue weighted by molar-refractivity contribution is -0.162. The molecule has 0 aliphatic carbocycles. The van der Waals surface area contributed by atoms with Crippen LogP contribution in [0.15, 0.2) is 42.6 Å². The van der Waals surface area contributed by atoms with E-state index in [0.717, 1.165) is 6.42 Å². The highest BCUT2D eigenvalue weighted by Gasteiger charge is 2.34. The fraction of sp³-hybridized carbons (Fsp3) is 0.480. The number of rotatable bonds is 14. The molecule has 0 saturated heterocycles. The first kappa shape index (κ1) is 27.9. The van der Waals surface area contributed by atoms with E-state index in [9.17, 15) is 14.7 Å². The zero-order chi connectivity index (χ0) is 25.8. The van der Waals surface area contributed by atoms with Gasteiger partial charge in [-0.1, -0.05) is 25.1 Å². The Hall–Kier alpha value is -3.37. The molecule has 1 aromatic heterocycles. The van der Waals surface area contributed by atoms with Crippen LogP contribution >= 0.6 is 0 Å². The SMILES string of the molecule is CCCO[C@@H](COC)[C@@H](Oc1ccccc1)[C@H](C)OC(=O)[C@H](C)NC(=O)c1nccc(OC)c1O. The third kappa shape index (κ3) is 8.11. The van der Waals surface area contributed by atoms with Crippen LogP contribution in [0.2, 0.25) is 0 Å². The third-order valence-electron chi connectivity index (χ3n) is 5.04. The first-order valence-corrected chi connectivity index (χ1v) is 11.4. The number of nitrogens with one attached hydrogen (secondary N) is 1. The van der Waals surface area contributed by atoms with Gasteiger partial charge in [-0.2, -0.15) is 0 Å². The van der Waals surface area contributed by atoms with Gasteiger partial charge in [0, 0.05) is 26.0 Å². The maximum absolute atomic E-state index is 12.8. The number of ether oxygens (including phenoxy) is 5. The van der Waals surface area contributed by atoms with Crippen LogP contribution in [0.3, 0.4) is 0 Å². The zero-order valence-corrected chi connectivity index (χ0v) is 20.7. The predicted molar refractivity (Wildman–Crippen MR) is 128 cm³/mol. The molecule has 0 radical (unpaired) electrons. The number of nitrogens with zero attached hydrogens (tertiary/aromatic N) is 1. The average Bonchev–Trinajstić information content (AvgIpc) is 2.85. The van der Waals surface area contributed by atoms with E-state index in [1.54, 1.807) is 26.2 Å². The van der Waals surface area contributed by atoms with Crippen molar-refractivity contribution in [1.29, 1.82) is 0 Å². The maximum Gasteiger partial charge on any atom is 0.328 e. The zero-order valence-electron chi connectivity index (χ0n) is 20.7. The number of methoxy groups -OCH3 is 2. The Morgan fingerprint density at radius 1 is 1.11 bits per heavy atom. The van der Waals surface area contributed by atoms with Gasteiger partial charge in [-0.15, -0.1) is 0 Å². The molecule has 0 aliphatic heterocycles. The van der Waals surface area contributed by atoms with Gasteiger partial charge in [0.1, 0.15) is 24.0 Å². The van der Waals surface area contributed by atoms with Gasteiger partial charge < -0.3 is 34.1 Å². The minimum absolute atomic E-state index is 0.0890. The van der Waals surface area contributed by atoms with E-state index in [0.29, 0.717) is 12.4 Å². The summed E-state index contributed by atoms with van der Waals surface area (Å²) in [5, 5.41) is 12.6. The Bertz CT molecular complexity index is 940. The molecule has 2 N–H and O–H groups in total. The fourth-order valence-corrected chi connectivity index (χ4v) is 3.24. The van der Waals surface area contributed by atoms with Gasteiger partial charge in [0.15, 0.2) is 23.3 Å². The molecule has 10 nitrogen and oxygen atoms in total. The van der Waals surface area contributed by atoms with E-state index in [-0.39, 0.29) is 18.1 Å². The van der Waals surface area contributed by atoms with Crippen molar-refractivity contribution in [2.45, 2.75) is 51.5 Å². The number of para-hydroxylation sites is 1. The highest BCUT2D eigenvalue weighted by atomic mass is 16.6. The summed E-state index contributed by atoms with van der Waals surface area (Å²) >= 11 is 0. The summed E-state index contributed by atoms with van der Waals surface area (Å²) in [7, 11) is 2.91. The van der Waals surface area contributed by atoms with Crippen molar-refractivity contribution in [1.82, 2.24) is 10.3 Å². The van der Waals surface area contributed by atoms with Crippen LogP contribution in [0.25, 0.3) is 0 Å². The fourth-order valence-electron chi connectivity index (χ4n) is 3.24. The molecule has 10 heteroatoms. The first-order chi connectivity index (χ1) is 16.8. The second-order valence-corrected chi connectivity index (χ2v) is 7.81. The highest BCUT2D eigenvalue weighted by Crippen LogP contribution is 2.27. The number of carbonyl (C=O) groups is 2. The largest absolute Gasteiger partial charge is 0.503 e. The quantitative estimate of drug-likeness (QED) is 0.385. The maximum atomic E-state index is 12.8. The van der Waals surface area contributed by atoms with Crippen LogP contribution in [-0.2, 0) is 19.0 Å². The van der Waals surface area contributed by atoms with Crippen molar-refractivity contribution in [3.63, 3.8) is 0 Å². The Morgan fingerprint density at radius 2 is 1.83 bits per heavy atom. The van der Waals surface area contributed by atoms with Crippen molar-refractivity contribution in [2.75, 3.05) is 27.4 Å². The van der Waals surface area contributed by atoms with E-state index < -0.39 is 42.0 Å². The predicted octanol–water partition coefficient (Wildman–Crippen LogP) is 2.74. The molecular weight excluding hydrogens is 456 g/mol. The van der Waals surface area contributed by atoms with E-state index in [1.165, 1.54) is 26.3 Å². The van der Waals surface area contributed by atoms with Crippen molar-refractivity contribution in [2.24, 2.45) is 0 Å². The van der Waals surface area contributed by atoms with E-state index in [1.807, 2.05) is 25.1 Å². The molecule has 4 atom stereocenters. The van der Waals surface area contributed by atoms with Gasteiger partial charge in [0.05, 0.1) is 13.7 Å². The van der Waals surface area contributed by atoms with Crippen LogP contribution < -0.4 is 14.8 Å². The smallest absolute Gasteiger partial charge is 0.328 e. The van der Waals surface area contributed by atoms with Gasteiger partial charge >= 0.3 is 5.97 Å². The van der Waals surface area contributed by atoms with E-state index in [2.05, 4.69) is 10.3 Å². The number of benzene rings is 1. The van der Waals surface area contributed by atoms with Gasteiger partial charge in [-0.3, -0.25) is 4.79 Å². The lowest BCUT2D eigenvalue weighted by atomic mass is 10.1. The summed E-state index contributed by atoms with van der Waals surface area (Å²) in [5.41, 5.74) is -0.268. The molecule has 2 aromatic rings. The lowest BCUT2D eigenvalue weighted by Gasteiger charge is -2.32.